The molecule has 0 amide bonds. The number of nitrogens with zero attached hydrogens (tertiary/aromatic N) is 3. The van der Waals surface area contributed by atoms with Gasteiger partial charge in [0, 0.05) is 32.8 Å². The number of fused-ring (bicyclic) bond motifs is 7. The van der Waals surface area contributed by atoms with Gasteiger partial charge >= 0.3 is 0 Å². The van der Waals surface area contributed by atoms with Crippen LogP contribution in [0.1, 0.15) is 0 Å². The molecule has 0 atom stereocenters. The summed E-state index contributed by atoms with van der Waals surface area (Å²) in [5.41, 5.74) is 13.5. The molecule has 0 fully saturated rings. The third-order valence-electron chi connectivity index (χ3n) is 11.0. The van der Waals surface area contributed by atoms with E-state index in [1.165, 1.54) is 27.3 Å². The van der Waals surface area contributed by atoms with Gasteiger partial charge < -0.3 is 0 Å². The van der Waals surface area contributed by atoms with Crippen molar-refractivity contribution >= 4 is 54.3 Å². The van der Waals surface area contributed by atoms with Gasteiger partial charge in [0.2, 0.25) is 0 Å². The molecule has 0 radical (unpaired) electrons. The fourth-order valence-electron chi connectivity index (χ4n) is 8.37. The highest BCUT2D eigenvalue weighted by Gasteiger charge is 2.19. The maximum absolute atomic E-state index is 5.38. The van der Waals surface area contributed by atoms with Crippen LogP contribution in [0.15, 0.2) is 200 Å². The summed E-state index contributed by atoms with van der Waals surface area (Å²) < 4.78 is 0. The van der Waals surface area contributed by atoms with Crippen LogP contribution in [0.5, 0.6) is 0 Å². The summed E-state index contributed by atoms with van der Waals surface area (Å²) in [6.07, 6.45) is 0. The van der Waals surface area contributed by atoms with Gasteiger partial charge in [-0.25, -0.2) is 15.0 Å². The highest BCUT2D eigenvalue weighted by atomic mass is 14.8. The van der Waals surface area contributed by atoms with Crippen LogP contribution in [0, 0.1) is 0 Å². The first-order chi connectivity index (χ1) is 27.8. The highest BCUT2D eigenvalue weighted by molar-refractivity contribution is 6.20. The maximum atomic E-state index is 5.38. The number of hydrogen-bond acceptors (Lipinski definition) is 3. The van der Waals surface area contributed by atoms with Crippen molar-refractivity contribution in [1.82, 2.24) is 15.0 Å². The van der Waals surface area contributed by atoms with Crippen molar-refractivity contribution in [3.63, 3.8) is 0 Å². The summed E-state index contributed by atoms with van der Waals surface area (Å²) in [5.74, 6) is 0. The Morgan fingerprint density at radius 2 is 0.732 bits per heavy atom. The lowest BCUT2D eigenvalue weighted by molar-refractivity contribution is 1.37. The number of hydrogen-bond donors (Lipinski definition) is 0. The minimum atomic E-state index is 0.904. The first kappa shape index (κ1) is 32.0. The molecule has 8 aromatic carbocycles. The zero-order valence-corrected chi connectivity index (χ0v) is 30.4. The second-order valence-corrected chi connectivity index (χ2v) is 14.3. The molecule has 0 aliphatic carbocycles. The van der Waals surface area contributed by atoms with Crippen molar-refractivity contribution < 1.29 is 0 Å². The molecular weight excluding hydrogens is 679 g/mol. The Balaban J connectivity index is 1.13. The van der Waals surface area contributed by atoms with E-state index in [-0.39, 0.29) is 0 Å². The third kappa shape index (κ3) is 5.32. The molecule has 0 unspecified atom stereocenters. The molecule has 3 heteroatoms. The minimum Gasteiger partial charge on any atom is -0.248 e. The van der Waals surface area contributed by atoms with E-state index in [1.54, 1.807) is 0 Å². The molecule has 0 N–H and O–H groups in total. The Bertz CT molecular complexity index is 3280. The Hall–Kier alpha value is -7.49. The summed E-state index contributed by atoms with van der Waals surface area (Å²) in [7, 11) is 0. The molecule has 3 nitrogen and oxygen atoms in total. The summed E-state index contributed by atoms with van der Waals surface area (Å²) in [6.45, 7) is 0. The number of pyridine rings is 3. The Morgan fingerprint density at radius 1 is 0.268 bits per heavy atom. The molecule has 0 saturated carbocycles. The quantitative estimate of drug-likeness (QED) is 0.167. The molecule has 0 spiro atoms. The van der Waals surface area contributed by atoms with Gasteiger partial charge in [0.25, 0.3) is 0 Å². The van der Waals surface area contributed by atoms with Gasteiger partial charge in [-0.1, -0.05) is 176 Å². The molecule has 0 bridgehead atoms. The van der Waals surface area contributed by atoms with Crippen molar-refractivity contribution in [3.05, 3.63) is 200 Å². The highest BCUT2D eigenvalue weighted by Crippen LogP contribution is 2.44. The Labute approximate surface area is 324 Å². The van der Waals surface area contributed by atoms with E-state index in [0.717, 1.165) is 83.0 Å². The Morgan fingerprint density at radius 3 is 1.38 bits per heavy atom. The van der Waals surface area contributed by atoms with E-state index in [2.05, 4.69) is 194 Å². The van der Waals surface area contributed by atoms with Gasteiger partial charge in [0.15, 0.2) is 0 Å². The minimum absolute atomic E-state index is 0.904. The van der Waals surface area contributed by atoms with Crippen LogP contribution in [0.2, 0.25) is 0 Å². The molecule has 0 aliphatic rings. The van der Waals surface area contributed by atoms with Crippen LogP contribution < -0.4 is 0 Å². The predicted molar refractivity (Wildman–Crippen MR) is 235 cm³/mol. The van der Waals surface area contributed by atoms with E-state index in [9.17, 15) is 0 Å². The van der Waals surface area contributed by atoms with Crippen LogP contribution in [0.25, 0.3) is 110 Å². The van der Waals surface area contributed by atoms with E-state index < -0.39 is 0 Å². The zero-order valence-electron chi connectivity index (χ0n) is 30.4. The summed E-state index contributed by atoms with van der Waals surface area (Å²) in [5, 5.41) is 8.00. The molecule has 260 valence electrons. The SMILES string of the molecule is c1ccc(-c2cc(-c3ccccc3)c3c(cc(-c4ccc(-c5ccc6ccc7ccc(-c8ccccc8)nc7c6n5)c5ccccc45)c4ccccc43)n2)cc1. The summed E-state index contributed by atoms with van der Waals surface area (Å²) in [6, 6.07) is 70.9. The molecule has 3 aromatic heterocycles. The van der Waals surface area contributed by atoms with Crippen molar-refractivity contribution in [2.24, 2.45) is 0 Å². The van der Waals surface area contributed by atoms with Crippen molar-refractivity contribution in [2.45, 2.75) is 0 Å². The normalized spacial score (nSPS) is 11.6. The van der Waals surface area contributed by atoms with Gasteiger partial charge in [-0.2, -0.15) is 0 Å². The second-order valence-electron chi connectivity index (χ2n) is 14.3. The van der Waals surface area contributed by atoms with Gasteiger partial charge in [-0.05, 0) is 68.1 Å². The molecule has 11 aromatic rings. The average molecular weight is 712 g/mol. The van der Waals surface area contributed by atoms with Gasteiger partial charge in [-0.3, -0.25) is 0 Å². The Kier molecular flexibility index (Phi) is 7.49. The van der Waals surface area contributed by atoms with E-state index in [0.29, 0.717) is 0 Å². The molecule has 56 heavy (non-hydrogen) atoms. The van der Waals surface area contributed by atoms with Gasteiger partial charge in [0.05, 0.1) is 33.6 Å². The molecule has 3 heterocycles. The van der Waals surface area contributed by atoms with E-state index in [1.807, 2.05) is 6.07 Å². The van der Waals surface area contributed by atoms with Crippen LogP contribution in [-0.2, 0) is 0 Å². The van der Waals surface area contributed by atoms with Crippen LogP contribution in [0.4, 0.5) is 0 Å². The van der Waals surface area contributed by atoms with Crippen LogP contribution in [0.3, 0.4) is 0 Å². The van der Waals surface area contributed by atoms with E-state index in [4.69, 9.17) is 15.0 Å². The van der Waals surface area contributed by atoms with Crippen molar-refractivity contribution in [2.75, 3.05) is 0 Å². The number of rotatable bonds is 5. The van der Waals surface area contributed by atoms with Crippen LogP contribution >= 0.6 is 0 Å². The lowest BCUT2D eigenvalue weighted by Crippen LogP contribution is -1.94. The average Bonchev–Trinajstić information content (AvgIpc) is 3.28. The van der Waals surface area contributed by atoms with Crippen LogP contribution in [-0.4, -0.2) is 15.0 Å². The van der Waals surface area contributed by atoms with Gasteiger partial charge in [-0.15, -0.1) is 0 Å². The lowest BCUT2D eigenvalue weighted by Gasteiger charge is -2.18. The second kappa shape index (κ2) is 13.1. The molecular formula is C53H33N3. The zero-order chi connectivity index (χ0) is 37.0. The topological polar surface area (TPSA) is 38.7 Å². The third-order valence-corrected chi connectivity index (χ3v) is 11.0. The molecule has 11 rings (SSSR count). The largest absolute Gasteiger partial charge is 0.248 e. The molecule has 0 saturated heterocycles. The first-order valence-corrected chi connectivity index (χ1v) is 19.0. The maximum Gasteiger partial charge on any atom is 0.0972 e. The van der Waals surface area contributed by atoms with E-state index >= 15 is 0 Å². The molecule has 0 aliphatic heterocycles. The number of aromatic nitrogens is 3. The lowest BCUT2D eigenvalue weighted by atomic mass is 9.88. The fourth-order valence-corrected chi connectivity index (χ4v) is 8.37. The summed E-state index contributed by atoms with van der Waals surface area (Å²) in [4.78, 5) is 15.9. The van der Waals surface area contributed by atoms with Crippen molar-refractivity contribution in [1.29, 1.82) is 0 Å². The predicted octanol–water partition coefficient (Wildman–Crippen LogP) is 14.0. The first-order valence-electron chi connectivity index (χ1n) is 19.0. The summed E-state index contributed by atoms with van der Waals surface area (Å²) >= 11 is 0. The smallest absolute Gasteiger partial charge is 0.0972 e. The number of benzene rings is 8. The van der Waals surface area contributed by atoms with Crippen molar-refractivity contribution in [3.8, 4) is 56.0 Å². The standard InChI is InChI=1S/C53H33N3/c1-4-14-34(15-5-1)45-32-49(36-18-8-3-9-19-36)54-50-33-46(41-22-12-13-23-44(41)51(45)50)42-28-29-43(40-21-11-10-20-39(40)42)48-31-27-38-25-24-37-26-30-47(35-16-6-2-7-17-35)55-52(37)53(38)56-48/h1-33H. The fraction of sp³-hybridized carbons (Fsp3) is 0. The van der Waals surface area contributed by atoms with Gasteiger partial charge in [0.1, 0.15) is 0 Å². The monoisotopic (exact) mass is 711 g/mol.